The summed E-state index contributed by atoms with van der Waals surface area (Å²) in [5, 5.41) is 15.3. The lowest BCUT2D eigenvalue weighted by atomic mass is 9.82. The van der Waals surface area contributed by atoms with E-state index in [0.717, 1.165) is 24.1 Å². The molecule has 0 spiro atoms. The summed E-state index contributed by atoms with van der Waals surface area (Å²) in [5.41, 5.74) is 0.724. The molecule has 0 radical (unpaired) electrons. The van der Waals surface area contributed by atoms with Crippen LogP contribution in [0.2, 0.25) is 10.2 Å². The molecule has 2 aromatic rings. The summed E-state index contributed by atoms with van der Waals surface area (Å²) in [4.78, 5) is 4.07. The van der Waals surface area contributed by atoms with Crippen molar-refractivity contribution >= 4 is 28.9 Å². The van der Waals surface area contributed by atoms with Crippen LogP contribution in [0.5, 0.6) is 0 Å². The van der Waals surface area contributed by atoms with E-state index in [1.165, 1.54) is 0 Å². The second kappa shape index (κ2) is 7.44. The van der Waals surface area contributed by atoms with Gasteiger partial charge in [0.05, 0.1) is 11.9 Å². The lowest BCUT2D eigenvalue weighted by Gasteiger charge is -2.34. The standard InChI is InChI=1S/C19H18Cl2N2O/c20-15-4-1-3-14(11-15)8-10-19(24)9-2-5-16(12-19)23-17-6-7-18(21)22-13-17/h1,3-4,6-7,11,13,16,23-24H,2,5,9,12H2/t16-,19+/m1/s1. The predicted octanol–water partition coefficient (Wildman–Crippen LogP) is 4.53. The van der Waals surface area contributed by atoms with Crippen molar-refractivity contribution < 1.29 is 5.11 Å². The number of halogens is 2. The first-order valence-electron chi connectivity index (χ1n) is 7.92. The van der Waals surface area contributed by atoms with Gasteiger partial charge in [-0.15, -0.1) is 0 Å². The highest BCUT2D eigenvalue weighted by atomic mass is 35.5. The van der Waals surface area contributed by atoms with E-state index in [9.17, 15) is 5.11 Å². The van der Waals surface area contributed by atoms with Gasteiger partial charge >= 0.3 is 0 Å². The van der Waals surface area contributed by atoms with E-state index in [0.29, 0.717) is 23.0 Å². The third kappa shape index (κ3) is 4.64. The van der Waals surface area contributed by atoms with Crippen LogP contribution < -0.4 is 5.32 Å². The van der Waals surface area contributed by atoms with Crippen molar-refractivity contribution in [2.45, 2.75) is 37.3 Å². The van der Waals surface area contributed by atoms with Gasteiger partial charge in [-0.3, -0.25) is 0 Å². The van der Waals surface area contributed by atoms with Crippen LogP contribution in [0.1, 0.15) is 31.2 Å². The summed E-state index contributed by atoms with van der Waals surface area (Å²) in [5.74, 6) is 6.08. The number of nitrogens with one attached hydrogen (secondary N) is 1. The van der Waals surface area contributed by atoms with Crippen molar-refractivity contribution in [3.05, 3.63) is 58.3 Å². The first kappa shape index (κ1) is 17.1. The number of anilines is 1. The molecular weight excluding hydrogens is 343 g/mol. The minimum atomic E-state index is -0.988. The van der Waals surface area contributed by atoms with E-state index in [2.05, 4.69) is 22.1 Å². The number of pyridine rings is 1. The molecule has 0 unspecified atom stereocenters. The first-order valence-corrected chi connectivity index (χ1v) is 8.67. The molecule has 0 aliphatic heterocycles. The van der Waals surface area contributed by atoms with Crippen molar-refractivity contribution in [3.63, 3.8) is 0 Å². The van der Waals surface area contributed by atoms with Gasteiger partial charge in [0.1, 0.15) is 10.8 Å². The molecule has 1 aliphatic rings. The smallest absolute Gasteiger partial charge is 0.129 e. The molecule has 24 heavy (non-hydrogen) atoms. The fourth-order valence-corrected chi connectivity index (χ4v) is 3.24. The van der Waals surface area contributed by atoms with Crippen molar-refractivity contribution in [3.8, 4) is 11.8 Å². The summed E-state index contributed by atoms with van der Waals surface area (Å²) in [6, 6.07) is 11.1. The largest absolute Gasteiger partial charge is 0.381 e. The van der Waals surface area contributed by atoms with E-state index in [4.69, 9.17) is 23.2 Å². The molecule has 0 saturated heterocycles. The van der Waals surface area contributed by atoms with E-state index in [1.807, 2.05) is 24.3 Å². The van der Waals surface area contributed by atoms with Crippen molar-refractivity contribution in [2.24, 2.45) is 0 Å². The first-order chi connectivity index (χ1) is 11.5. The molecule has 0 bridgehead atoms. The van der Waals surface area contributed by atoms with Crippen LogP contribution in [0.25, 0.3) is 0 Å². The molecule has 2 atom stereocenters. The minimum absolute atomic E-state index is 0.153. The molecule has 2 N–H and O–H groups in total. The van der Waals surface area contributed by atoms with Crippen LogP contribution in [0.3, 0.4) is 0 Å². The summed E-state index contributed by atoms with van der Waals surface area (Å²) in [6.45, 7) is 0. The van der Waals surface area contributed by atoms with Gasteiger partial charge in [0.15, 0.2) is 0 Å². The minimum Gasteiger partial charge on any atom is -0.381 e. The Bertz CT molecular complexity index is 767. The maximum Gasteiger partial charge on any atom is 0.129 e. The Hall–Kier alpha value is -1.73. The highest BCUT2D eigenvalue weighted by Crippen LogP contribution is 2.30. The SMILES string of the molecule is O[C@]1(C#Cc2cccc(Cl)c2)CCC[C@@H](Nc2ccc(Cl)nc2)C1. The van der Waals surface area contributed by atoms with Crippen LogP contribution in [-0.4, -0.2) is 21.7 Å². The van der Waals surface area contributed by atoms with Gasteiger partial charge < -0.3 is 10.4 Å². The molecule has 124 valence electrons. The van der Waals surface area contributed by atoms with Gasteiger partial charge in [0.25, 0.3) is 0 Å². The van der Waals surface area contributed by atoms with Crippen LogP contribution >= 0.6 is 23.2 Å². The Kier molecular flexibility index (Phi) is 5.30. The third-order valence-corrected chi connectivity index (χ3v) is 4.55. The zero-order valence-electron chi connectivity index (χ0n) is 13.1. The Morgan fingerprint density at radius 3 is 2.88 bits per heavy atom. The lowest BCUT2D eigenvalue weighted by molar-refractivity contribution is 0.0561. The van der Waals surface area contributed by atoms with Gasteiger partial charge in [0, 0.05) is 23.0 Å². The molecular formula is C19H18Cl2N2O. The quantitative estimate of drug-likeness (QED) is 0.610. The summed E-state index contributed by atoms with van der Waals surface area (Å²) < 4.78 is 0. The molecule has 1 fully saturated rings. The number of rotatable bonds is 2. The van der Waals surface area contributed by atoms with Gasteiger partial charge in [0.2, 0.25) is 0 Å². The Balaban J connectivity index is 1.69. The fraction of sp³-hybridized carbons (Fsp3) is 0.316. The molecule has 1 aliphatic carbocycles. The number of benzene rings is 1. The predicted molar refractivity (Wildman–Crippen MR) is 98.4 cm³/mol. The highest BCUT2D eigenvalue weighted by Gasteiger charge is 2.32. The number of nitrogens with zero attached hydrogens (tertiary/aromatic N) is 1. The number of hydrogen-bond acceptors (Lipinski definition) is 3. The van der Waals surface area contributed by atoms with E-state index >= 15 is 0 Å². The Morgan fingerprint density at radius 1 is 1.25 bits per heavy atom. The Morgan fingerprint density at radius 2 is 2.12 bits per heavy atom. The fourth-order valence-electron chi connectivity index (χ4n) is 2.94. The second-order valence-electron chi connectivity index (χ2n) is 6.10. The summed E-state index contributed by atoms with van der Waals surface area (Å²) in [7, 11) is 0. The maximum absolute atomic E-state index is 10.8. The van der Waals surface area contributed by atoms with Crippen LogP contribution in [0.15, 0.2) is 42.6 Å². The lowest BCUT2D eigenvalue weighted by Crippen LogP contribution is -2.39. The topological polar surface area (TPSA) is 45.1 Å². The number of aliphatic hydroxyl groups is 1. The van der Waals surface area contributed by atoms with Gasteiger partial charge in [-0.1, -0.05) is 41.1 Å². The average Bonchev–Trinajstić information content (AvgIpc) is 2.56. The van der Waals surface area contributed by atoms with E-state index < -0.39 is 5.60 Å². The van der Waals surface area contributed by atoms with Crippen molar-refractivity contribution in [1.82, 2.24) is 4.98 Å². The zero-order valence-corrected chi connectivity index (χ0v) is 14.6. The molecule has 1 aromatic heterocycles. The molecule has 3 nitrogen and oxygen atoms in total. The van der Waals surface area contributed by atoms with Crippen LogP contribution in [0, 0.1) is 11.8 Å². The van der Waals surface area contributed by atoms with Crippen LogP contribution in [-0.2, 0) is 0 Å². The van der Waals surface area contributed by atoms with E-state index in [1.54, 1.807) is 18.3 Å². The van der Waals surface area contributed by atoms with Gasteiger partial charge in [-0.2, -0.15) is 0 Å². The Labute approximate surface area is 152 Å². The molecule has 0 amide bonds. The molecule has 3 rings (SSSR count). The third-order valence-electron chi connectivity index (χ3n) is 4.09. The average molecular weight is 361 g/mol. The molecule has 1 heterocycles. The van der Waals surface area contributed by atoms with Crippen LogP contribution in [0.4, 0.5) is 5.69 Å². The van der Waals surface area contributed by atoms with E-state index in [-0.39, 0.29) is 6.04 Å². The number of aromatic nitrogens is 1. The summed E-state index contributed by atoms with van der Waals surface area (Å²) in [6.07, 6.45) is 4.86. The summed E-state index contributed by atoms with van der Waals surface area (Å²) >= 11 is 11.8. The molecule has 1 aromatic carbocycles. The maximum atomic E-state index is 10.8. The zero-order chi connectivity index (χ0) is 17.0. The van der Waals surface area contributed by atoms with Crippen molar-refractivity contribution in [2.75, 3.05) is 5.32 Å². The highest BCUT2D eigenvalue weighted by molar-refractivity contribution is 6.30. The molecule has 1 saturated carbocycles. The molecule has 5 heteroatoms. The van der Waals surface area contributed by atoms with Crippen molar-refractivity contribution in [1.29, 1.82) is 0 Å². The number of hydrogen-bond donors (Lipinski definition) is 2. The normalized spacial score (nSPS) is 23.2. The van der Waals surface area contributed by atoms with Gasteiger partial charge in [-0.05, 0) is 49.6 Å². The van der Waals surface area contributed by atoms with Gasteiger partial charge in [-0.25, -0.2) is 4.98 Å². The monoisotopic (exact) mass is 360 g/mol. The second-order valence-corrected chi connectivity index (χ2v) is 6.92.